The molecular formula is C24H42O6. The smallest absolute Gasteiger partial charge is 0.339 e. The first-order chi connectivity index (χ1) is 13.6. The van der Waals surface area contributed by atoms with Crippen molar-refractivity contribution >= 4 is 11.9 Å². The van der Waals surface area contributed by atoms with E-state index in [2.05, 4.69) is 41.5 Å². The number of aliphatic hydroxyl groups is 2. The van der Waals surface area contributed by atoms with Crippen molar-refractivity contribution in [3.8, 4) is 0 Å². The SMILES string of the molecule is CC(C)(C)C1CCC([C@](O)(C(=O)O)[C@@](O)(C(=O)O)C2CCC(C(C)(C)C)CC2)CC1. The average Bonchev–Trinajstić information content (AvgIpc) is 2.65. The summed E-state index contributed by atoms with van der Waals surface area (Å²) >= 11 is 0. The normalized spacial score (nSPS) is 32.7. The molecule has 6 heteroatoms. The first-order valence-electron chi connectivity index (χ1n) is 11.5. The molecule has 0 spiro atoms. The quantitative estimate of drug-likeness (QED) is 0.520. The maximum absolute atomic E-state index is 12.3. The molecule has 0 saturated heterocycles. The lowest BCUT2D eigenvalue weighted by molar-refractivity contribution is -0.237. The molecular weight excluding hydrogens is 384 g/mol. The van der Waals surface area contributed by atoms with Crippen molar-refractivity contribution < 1.29 is 30.0 Å². The van der Waals surface area contributed by atoms with Crippen LogP contribution < -0.4 is 0 Å². The van der Waals surface area contributed by atoms with Gasteiger partial charge >= 0.3 is 11.9 Å². The first kappa shape index (κ1) is 25.1. The van der Waals surface area contributed by atoms with E-state index in [1.54, 1.807) is 0 Å². The number of aliphatic carboxylic acids is 2. The minimum Gasteiger partial charge on any atom is -0.479 e. The van der Waals surface area contributed by atoms with E-state index in [1.165, 1.54) is 0 Å². The van der Waals surface area contributed by atoms with E-state index in [0.717, 1.165) is 25.7 Å². The fourth-order valence-electron chi connectivity index (χ4n) is 6.05. The highest BCUT2D eigenvalue weighted by Gasteiger charge is 2.67. The van der Waals surface area contributed by atoms with Crippen LogP contribution in [0.3, 0.4) is 0 Å². The molecule has 0 heterocycles. The van der Waals surface area contributed by atoms with E-state index >= 15 is 0 Å². The van der Waals surface area contributed by atoms with Crippen molar-refractivity contribution in [2.45, 2.75) is 104 Å². The summed E-state index contributed by atoms with van der Waals surface area (Å²) in [5.41, 5.74) is -5.25. The zero-order valence-electron chi connectivity index (χ0n) is 19.6. The Kier molecular flexibility index (Phi) is 7.05. The summed E-state index contributed by atoms with van der Waals surface area (Å²) in [7, 11) is 0. The molecule has 2 aliphatic carbocycles. The van der Waals surface area contributed by atoms with Crippen LogP contribution in [0.5, 0.6) is 0 Å². The van der Waals surface area contributed by atoms with Crippen LogP contribution >= 0.6 is 0 Å². The number of rotatable bonds is 5. The summed E-state index contributed by atoms with van der Waals surface area (Å²) in [5.74, 6) is -4.04. The van der Waals surface area contributed by atoms with Gasteiger partial charge in [-0.05, 0) is 74.0 Å². The minimum absolute atomic E-state index is 0.0702. The molecule has 0 aliphatic heterocycles. The second-order valence-corrected chi connectivity index (χ2v) is 12.0. The molecule has 0 aromatic heterocycles. The van der Waals surface area contributed by atoms with Crippen molar-refractivity contribution in [3.05, 3.63) is 0 Å². The second-order valence-electron chi connectivity index (χ2n) is 12.0. The van der Waals surface area contributed by atoms with Crippen LogP contribution in [0.1, 0.15) is 92.9 Å². The summed E-state index contributed by atoms with van der Waals surface area (Å²) in [5, 5.41) is 42.9. The lowest BCUT2D eigenvalue weighted by Gasteiger charge is -2.50. The van der Waals surface area contributed by atoms with E-state index in [4.69, 9.17) is 0 Å². The van der Waals surface area contributed by atoms with Crippen LogP contribution in [0.25, 0.3) is 0 Å². The fraction of sp³-hybridized carbons (Fsp3) is 0.917. The molecule has 174 valence electrons. The molecule has 0 aromatic carbocycles. The third-order valence-corrected chi connectivity index (χ3v) is 8.32. The van der Waals surface area contributed by atoms with E-state index in [0.29, 0.717) is 37.5 Å². The molecule has 0 unspecified atom stereocenters. The molecule has 0 bridgehead atoms. The number of carbonyl (C=O) groups is 2. The summed E-state index contributed by atoms with van der Waals surface area (Å²) in [6, 6.07) is 0. The van der Waals surface area contributed by atoms with Gasteiger partial charge in [0.1, 0.15) is 0 Å². The van der Waals surface area contributed by atoms with Crippen LogP contribution in [0.4, 0.5) is 0 Å². The average molecular weight is 427 g/mol. The number of carboxylic acid groups (broad SMARTS) is 2. The molecule has 0 amide bonds. The molecule has 2 atom stereocenters. The topological polar surface area (TPSA) is 115 Å². The summed E-state index contributed by atoms with van der Waals surface area (Å²) < 4.78 is 0. The van der Waals surface area contributed by atoms with Gasteiger partial charge in [0, 0.05) is 11.8 Å². The van der Waals surface area contributed by atoms with Gasteiger partial charge in [-0.25, -0.2) is 9.59 Å². The predicted octanol–water partition coefficient (Wildman–Crippen LogP) is 4.32. The van der Waals surface area contributed by atoms with Gasteiger partial charge in [-0.1, -0.05) is 41.5 Å². The van der Waals surface area contributed by atoms with E-state index in [-0.39, 0.29) is 10.8 Å². The monoisotopic (exact) mass is 426 g/mol. The van der Waals surface area contributed by atoms with Crippen LogP contribution in [0.2, 0.25) is 0 Å². The highest BCUT2D eigenvalue weighted by atomic mass is 16.5. The Morgan fingerprint density at radius 1 is 0.533 bits per heavy atom. The molecule has 2 aliphatic rings. The first-order valence-corrected chi connectivity index (χ1v) is 11.5. The zero-order chi connectivity index (χ0) is 23.1. The summed E-state index contributed by atoms with van der Waals surface area (Å²) in [6.07, 6.45) is 4.48. The highest BCUT2D eigenvalue weighted by molar-refractivity contribution is 5.91. The van der Waals surface area contributed by atoms with Crippen molar-refractivity contribution in [1.29, 1.82) is 0 Å². The van der Waals surface area contributed by atoms with Crippen LogP contribution in [0.15, 0.2) is 0 Å². The molecule has 30 heavy (non-hydrogen) atoms. The Hall–Kier alpha value is -1.14. The maximum atomic E-state index is 12.3. The van der Waals surface area contributed by atoms with E-state index in [9.17, 15) is 30.0 Å². The zero-order valence-corrected chi connectivity index (χ0v) is 19.6. The third kappa shape index (κ3) is 4.40. The van der Waals surface area contributed by atoms with Gasteiger partial charge in [-0.15, -0.1) is 0 Å². The molecule has 2 saturated carbocycles. The lowest BCUT2D eigenvalue weighted by Crippen LogP contribution is -2.71. The summed E-state index contributed by atoms with van der Waals surface area (Å²) in [4.78, 5) is 24.7. The fourth-order valence-corrected chi connectivity index (χ4v) is 6.05. The van der Waals surface area contributed by atoms with Crippen LogP contribution in [-0.2, 0) is 9.59 Å². The standard InChI is InChI=1S/C24H42O6/c1-21(2,3)15-7-11-17(12-8-15)23(29,19(25)26)24(30,20(27)28)18-13-9-16(10-14-18)22(4,5)6/h15-18,29-30H,7-14H2,1-6H3,(H,25,26)(H,27,28)/t15?,16?,17?,18?,23-,24-/m0/s1. The molecule has 0 radical (unpaired) electrons. The molecule has 2 fully saturated rings. The van der Waals surface area contributed by atoms with Gasteiger partial charge in [0.05, 0.1) is 0 Å². The van der Waals surface area contributed by atoms with E-state index in [1.807, 2.05) is 0 Å². The van der Waals surface area contributed by atoms with Crippen molar-refractivity contribution in [2.75, 3.05) is 0 Å². The van der Waals surface area contributed by atoms with Crippen molar-refractivity contribution in [2.24, 2.45) is 34.5 Å². The Labute approximate surface area is 181 Å². The predicted molar refractivity (Wildman–Crippen MR) is 115 cm³/mol. The van der Waals surface area contributed by atoms with Gasteiger partial charge in [-0.2, -0.15) is 0 Å². The van der Waals surface area contributed by atoms with Crippen molar-refractivity contribution in [3.63, 3.8) is 0 Å². The van der Waals surface area contributed by atoms with E-state index < -0.39 is 35.0 Å². The Morgan fingerprint density at radius 3 is 0.900 bits per heavy atom. The van der Waals surface area contributed by atoms with Gasteiger partial charge in [0.25, 0.3) is 0 Å². The van der Waals surface area contributed by atoms with Gasteiger partial charge < -0.3 is 20.4 Å². The number of hydrogen-bond acceptors (Lipinski definition) is 4. The molecule has 4 N–H and O–H groups in total. The third-order valence-electron chi connectivity index (χ3n) is 8.32. The Bertz CT molecular complexity index is 573. The van der Waals surface area contributed by atoms with Crippen LogP contribution in [0, 0.1) is 34.5 Å². The van der Waals surface area contributed by atoms with Gasteiger partial charge in [-0.3, -0.25) is 0 Å². The van der Waals surface area contributed by atoms with Crippen LogP contribution in [-0.4, -0.2) is 43.6 Å². The minimum atomic E-state index is -2.69. The highest BCUT2D eigenvalue weighted by Crippen LogP contribution is 2.51. The Balaban J connectivity index is 2.32. The molecule has 0 aromatic rings. The molecule has 6 nitrogen and oxygen atoms in total. The molecule has 2 rings (SSSR count). The number of carboxylic acids is 2. The largest absolute Gasteiger partial charge is 0.479 e. The Morgan fingerprint density at radius 2 is 0.733 bits per heavy atom. The van der Waals surface area contributed by atoms with Crippen molar-refractivity contribution in [1.82, 2.24) is 0 Å². The lowest BCUT2D eigenvalue weighted by atomic mass is 9.57. The number of hydrogen-bond donors (Lipinski definition) is 4. The van der Waals surface area contributed by atoms with Gasteiger partial charge in [0.15, 0.2) is 0 Å². The second kappa shape index (κ2) is 8.42. The maximum Gasteiger partial charge on any atom is 0.339 e. The summed E-state index contributed by atoms with van der Waals surface area (Å²) in [6.45, 7) is 12.8. The van der Waals surface area contributed by atoms with Gasteiger partial charge in [0.2, 0.25) is 11.2 Å².